The van der Waals surface area contributed by atoms with Crippen molar-refractivity contribution in [1.82, 2.24) is 5.32 Å². The minimum absolute atomic E-state index is 0.0224. The van der Waals surface area contributed by atoms with Crippen LogP contribution in [0.3, 0.4) is 0 Å². The summed E-state index contributed by atoms with van der Waals surface area (Å²) in [5.41, 5.74) is 6.03. The summed E-state index contributed by atoms with van der Waals surface area (Å²) in [5.74, 6) is 0.165. The Kier molecular flexibility index (Phi) is 4.23. The van der Waals surface area contributed by atoms with E-state index < -0.39 is 0 Å². The van der Waals surface area contributed by atoms with Crippen LogP contribution in [0.15, 0.2) is 0 Å². The monoisotopic (exact) mass is 240 g/mol. The van der Waals surface area contributed by atoms with Crippen LogP contribution in [0.2, 0.25) is 0 Å². The first-order valence-electron chi connectivity index (χ1n) is 6.68. The maximum atomic E-state index is 12.2. The highest BCUT2D eigenvalue weighted by molar-refractivity contribution is 5.80. The summed E-state index contributed by atoms with van der Waals surface area (Å²) in [6, 6.07) is 0.0560. The van der Waals surface area contributed by atoms with Crippen molar-refractivity contribution in [3.05, 3.63) is 0 Å². The number of hydrogen-bond donors (Lipinski definition) is 2. The molecule has 1 amide bonds. The molecule has 0 aliphatic heterocycles. The zero-order chi connectivity index (χ0) is 13.3. The topological polar surface area (TPSA) is 55.1 Å². The standard InChI is InChI=1S/C14H28N2O/c1-13(2,3)9-14(4,5)16-12(17)10-7-6-8-11(10)15/h10-11H,6-9,15H2,1-5H3,(H,16,17). The first-order valence-corrected chi connectivity index (χ1v) is 6.68. The van der Waals surface area contributed by atoms with Crippen LogP contribution >= 0.6 is 0 Å². The molecule has 1 aliphatic carbocycles. The van der Waals surface area contributed by atoms with Crippen LogP contribution in [-0.4, -0.2) is 17.5 Å². The Morgan fingerprint density at radius 3 is 2.24 bits per heavy atom. The van der Waals surface area contributed by atoms with Crippen molar-refractivity contribution in [2.75, 3.05) is 0 Å². The minimum Gasteiger partial charge on any atom is -0.351 e. The van der Waals surface area contributed by atoms with Crippen LogP contribution < -0.4 is 11.1 Å². The number of amides is 1. The van der Waals surface area contributed by atoms with Gasteiger partial charge in [-0.1, -0.05) is 27.2 Å². The maximum absolute atomic E-state index is 12.2. The summed E-state index contributed by atoms with van der Waals surface area (Å²) in [6.45, 7) is 10.8. The lowest BCUT2D eigenvalue weighted by Gasteiger charge is -2.34. The van der Waals surface area contributed by atoms with Crippen molar-refractivity contribution < 1.29 is 4.79 Å². The van der Waals surface area contributed by atoms with E-state index in [0.29, 0.717) is 0 Å². The number of carbonyl (C=O) groups excluding carboxylic acids is 1. The first-order chi connectivity index (χ1) is 7.61. The minimum atomic E-state index is -0.155. The van der Waals surface area contributed by atoms with Crippen LogP contribution in [0.1, 0.15) is 60.3 Å². The Hall–Kier alpha value is -0.570. The van der Waals surface area contributed by atoms with Crippen LogP contribution in [0, 0.1) is 11.3 Å². The van der Waals surface area contributed by atoms with Gasteiger partial charge >= 0.3 is 0 Å². The molecule has 0 spiro atoms. The third kappa shape index (κ3) is 4.66. The Morgan fingerprint density at radius 2 is 1.82 bits per heavy atom. The SMILES string of the molecule is CC(C)(C)CC(C)(C)NC(=O)C1CCCC1N. The average molecular weight is 240 g/mol. The molecule has 0 aromatic heterocycles. The molecule has 17 heavy (non-hydrogen) atoms. The maximum Gasteiger partial charge on any atom is 0.225 e. The molecule has 2 atom stereocenters. The summed E-state index contributed by atoms with van der Waals surface area (Å²) in [7, 11) is 0. The van der Waals surface area contributed by atoms with E-state index in [2.05, 4.69) is 39.9 Å². The average Bonchev–Trinajstić information content (AvgIpc) is 2.44. The predicted octanol–water partition coefficient (Wildman–Crippen LogP) is 2.44. The lowest BCUT2D eigenvalue weighted by Crippen LogP contribution is -2.50. The lowest BCUT2D eigenvalue weighted by atomic mass is 9.81. The molecule has 1 saturated carbocycles. The van der Waals surface area contributed by atoms with Crippen LogP contribution in [0.5, 0.6) is 0 Å². The fourth-order valence-corrected chi connectivity index (χ4v) is 3.11. The number of carbonyl (C=O) groups is 1. The number of rotatable bonds is 3. The smallest absolute Gasteiger partial charge is 0.225 e. The number of nitrogens with two attached hydrogens (primary N) is 1. The second-order valence-electron chi connectivity index (χ2n) is 7.31. The molecule has 0 aromatic carbocycles. The highest BCUT2D eigenvalue weighted by Gasteiger charge is 2.34. The largest absolute Gasteiger partial charge is 0.351 e. The molecule has 3 nitrogen and oxygen atoms in total. The van der Waals surface area contributed by atoms with Crippen molar-refractivity contribution in [1.29, 1.82) is 0 Å². The van der Waals surface area contributed by atoms with E-state index in [4.69, 9.17) is 5.73 Å². The van der Waals surface area contributed by atoms with E-state index in [1.54, 1.807) is 0 Å². The van der Waals surface area contributed by atoms with Gasteiger partial charge in [0.05, 0.1) is 5.92 Å². The first kappa shape index (κ1) is 14.5. The van der Waals surface area contributed by atoms with Crippen molar-refractivity contribution in [3.8, 4) is 0 Å². The molecule has 1 aliphatic rings. The lowest BCUT2D eigenvalue weighted by molar-refractivity contribution is -0.127. The Labute approximate surface area is 106 Å². The van der Waals surface area contributed by atoms with E-state index in [0.717, 1.165) is 25.7 Å². The van der Waals surface area contributed by atoms with Gasteiger partial charge in [0.25, 0.3) is 0 Å². The fourth-order valence-electron chi connectivity index (χ4n) is 3.11. The molecule has 3 heteroatoms. The highest BCUT2D eigenvalue weighted by Crippen LogP contribution is 2.29. The summed E-state index contributed by atoms with van der Waals surface area (Å²) in [4.78, 5) is 12.2. The highest BCUT2D eigenvalue weighted by atomic mass is 16.2. The van der Waals surface area contributed by atoms with Gasteiger partial charge in [-0.2, -0.15) is 0 Å². The fraction of sp³-hybridized carbons (Fsp3) is 0.929. The second-order valence-corrected chi connectivity index (χ2v) is 7.31. The van der Waals surface area contributed by atoms with E-state index in [9.17, 15) is 4.79 Å². The third-order valence-corrected chi connectivity index (χ3v) is 3.34. The van der Waals surface area contributed by atoms with Gasteiger partial charge in [0.2, 0.25) is 5.91 Å². The van der Waals surface area contributed by atoms with E-state index in [-0.39, 0.29) is 28.8 Å². The van der Waals surface area contributed by atoms with Gasteiger partial charge in [0.15, 0.2) is 0 Å². The van der Waals surface area contributed by atoms with Crippen molar-refractivity contribution in [2.45, 2.75) is 71.9 Å². The van der Waals surface area contributed by atoms with E-state index in [1.807, 2.05) is 0 Å². The molecular formula is C14H28N2O. The second kappa shape index (κ2) is 4.97. The third-order valence-electron chi connectivity index (χ3n) is 3.34. The zero-order valence-electron chi connectivity index (χ0n) is 12.0. The molecule has 0 aromatic rings. The number of nitrogens with one attached hydrogen (secondary N) is 1. The van der Waals surface area contributed by atoms with Crippen molar-refractivity contribution in [2.24, 2.45) is 17.1 Å². The summed E-state index contributed by atoms with van der Waals surface area (Å²) >= 11 is 0. The number of hydrogen-bond acceptors (Lipinski definition) is 2. The van der Waals surface area contributed by atoms with Crippen LogP contribution in [0.25, 0.3) is 0 Å². The van der Waals surface area contributed by atoms with Gasteiger partial charge in [-0.3, -0.25) is 4.79 Å². The molecule has 0 saturated heterocycles. The molecule has 100 valence electrons. The van der Waals surface area contributed by atoms with Crippen LogP contribution in [-0.2, 0) is 4.79 Å². The molecule has 1 rings (SSSR count). The Balaban J connectivity index is 2.55. The summed E-state index contributed by atoms with van der Waals surface area (Å²) in [5, 5.41) is 3.17. The quantitative estimate of drug-likeness (QED) is 0.796. The van der Waals surface area contributed by atoms with Gasteiger partial charge < -0.3 is 11.1 Å². The molecule has 0 bridgehead atoms. The molecule has 1 fully saturated rings. The van der Waals surface area contributed by atoms with Crippen molar-refractivity contribution in [3.63, 3.8) is 0 Å². The predicted molar refractivity (Wildman–Crippen MR) is 71.6 cm³/mol. The van der Waals surface area contributed by atoms with Gasteiger partial charge in [0, 0.05) is 11.6 Å². The van der Waals surface area contributed by atoms with E-state index >= 15 is 0 Å². The zero-order valence-corrected chi connectivity index (χ0v) is 12.0. The Bertz CT molecular complexity index is 278. The van der Waals surface area contributed by atoms with Crippen LogP contribution in [0.4, 0.5) is 0 Å². The Morgan fingerprint density at radius 1 is 1.24 bits per heavy atom. The molecule has 2 unspecified atom stereocenters. The normalized spacial score (nSPS) is 26.0. The van der Waals surface area contributed by atoms with Gasteiger partial charge in [0.1, 0.15) is 0 Å². The summed E-state index contributed by atoms with van der Waals surface area (Å²) < 4.78 is 0. The van der Waals surface area contributed by atoms with Gasteiger partial charge in [-0.15, -0.1) is 0 Å². The van der Waals surface area contributed by atoms with Gasteiger partial charge in [-0.25, -0.2) is 0 Å². The molecule has 0 heterocycles. The summed E-state index contributed by atoms with van der Waals surface area (Å²) in [6.07, 6.45) is 3.98. The molecule has 3 N–H and O–H groups in total. The van der Waals surface area contributed by atoms with Gasteiger partial charge in [-0.05, 0) is 38.5 Å². The van der Waals surface area contributed by atoms with Crippen molar-refractivity contribution >= 4 is 5.91 Å². The molecule has 0 radical (unpaired) electrons. The van der Waals surface area contributed by atoms with E-state index in [1.165, 1.54) is 0 Å². The molecular weight excluding hydrogens is 212 g/mol.